The first-order valence-corrected chi connectivity index (χ1v) is 5.14. The Hall–Kier alpha value is -2.67. The summed E-state index contributed by atoms with van der Waals surface area (Å²) in [6.07, 6.45) is 0. The predicted octanol–water partition coefficient (Wildman–Crippen LogP) is 2.24. The summed E-state index contributed by atoms with van der Waals surface area (Å²) in [6.45, 7) is 0. The largest absolute Gasteiger partial charge is 0.381 e. The van der Waals surface area contributed by atoms with Gasteiger partial charge in [-0.15, -0.1) is 0 Å². The third-order valence-corrected chi connectivity index (χ3v) is 2.69. The van der Waals surface area contributed by atoms with E-state index in [1.54, 1.807) is 0 Å². The maximum atomic E-state index is 8.92. The first kappa shape index (κ1) is 9.55. The normalized spacial score (nSPS) is 10.5. The van der Waals surface area contributed by atoms with Gasteiger partial charge < -0.3 is 5.73 Å². The van der Waals surface area contributed by atoms with E-state index in [0.717, 1.165) is 10.8 Å². The lowest BCUT2D eigenvalue weighted by molar-refractivity contribution is 1.26. The third-order valence-electron chi connectivity index (χ3n) is 2.69. The first-order valence-electron chi connectivity index (χ1n) is 5.14. The molecule has 17 heavy (non-hydrogen) atoms. The number of nitrogen functional groups attached to an aromatic ring is 1. The molecule has 0 aliphatic carbocycles. The second kappa shape index (κ2) is 3.42. The molecule has 0 unspecified atom stereocenters. The van der Waals surface area contributed by atoms with E-state index in [0.29, 0.717) is 11.0 Å². The van der Waals surface area contributed by atoms with Crippen molar-refractivity contribution in [3.63, 3.8) is 0 Å². The molecule has 3 rings (SSSR count). The second-order valence-electron chi connectivity index (χ2n) is 3.72. The molecular weight excluding hydrogens is 212 g/mol. The summed E-state index contributed by atoms with van der Waals surface area (Å²) in [5, 5.41) is 11.0. The van der Waals surface area contributed by atoms with E-state index in [1.165, 1.54) is 0 Å². The molecule has 2 N–H and O–H groups in total. The highest BCUT2D eigenvalue weighted by atomic mass is 14.9. The van der Waals surface area contributed by atoms with Crippen LogP contribution in [-0.2, 0) is 0 Å². The fourth-order valence-electron chi connectivity index (χ4n) is 1.89. The van der Waals surface area contributed by atoms with Crippen LogP contribution >= 0.6 is 0 Å². The number of fused-ring (bicyclic) bond motifs is 3. The van der Waals surface area contributed by atoms with E-state index in [-0.39, 0.29) is 11.5 Å². The number of nitriles is 1. The number of rotatable bonds is 0. The van der Waals surface area contributed by atoms with Crippen molar-refractivity contribution in [1.82, 2.24) is 9.97 Å². The maximum Gasteiger partial charge on any atom is 0.183 e. The number of aromatic nitrogens is 2. The van der Waals surface area contributed by atoms with Crippen molar-refractivity contribution in [3.8, 4) is 6.07 Å². The fourth-order valence-corrected chi connectivity index (χ4v) is 1.89. The molecule has 0 amide bonds. The molecule has 4 heteroatoms. The molecule has 0 aliphatic heterocycles. The van der Waals surface area contributed by atoms with Crippen LogP contribution in [0.2, 0.25) is 0 Å². The van der Waals surface area contributed by atoms with Crippen LogP contribution in [0.25, 0.3) is 21.8 Å². The van der Waals surface area contributed by atoms with Crippen molar-refractivity contribution >= 4 is 27.6 Å². The zero-order chi connectivity index (χ0) is 11.8. The van der Waals surface area contributed by atoms with Crippen LogP contribution in [0.5, 0.6) is 0 Å². The molecule has 0 saturated heterocycles. The van der Waals surface area contributed by atoms with Gasteiger partial charge in [0.15, 0.2) is 11.5 Å². The number of hydrogen-bond acceptors (Lipinski definition) is 4. The molecule has 0 saturated carbocycles. The van der Waals surface area contributed by atoms with Crippen LogP contribution in [0.3, 0.4) is 0 Å². The van der Waals surface area contributed by atoms with E-state index in [4.69, 9.17) is 11.0 Å². The van der Waals surface area contributed by atoms with E-state index < -0.39 is 0 Å². The Morgan fingerprint density at radius 3 is 2.71 bits per heavy atom. The Morgan fingerprint density at radius 2 is 1.88 bits per heavy atom. The number of nitrogens with two attached hydrogens (primary N) is 1. The molecule has 0 spiro atoms. The summed E-state index contributed by atoms with van der Waals surface area (Å²) >= 11 is 0. The lowest BCUT2D eigenvalue weighted by Gasteiger charge is -2.04. The van der Waals surface area contributed by atoms with Gasteiger partial charge in [0.05, 0.1) is 11.0 Å². The van der Waals surface area contributed by atoms with Crippen molar-refractivity contribution in [2.75, 3.05) is 5.73 Å². The monoisotopic (exact) mass is 220 g/mol. The molecule has 0 atom stereocenters. The quantitative estimate of drug-likeness (QED) is 0.589. The molecule has 0 fully saturated rings. The summed E-state index contributed by atoms with van der Waals surface area (Å²) in [5.41, 5.74) is 7.25. The Balaban J connectivity index is 2.54. The van der Waals surface area contributed by atoms with Crippen LogP contribution in [0.1, 0.15) is 5.69 Å². The van der Waals surface area contributed by atoms with Gasteiger partial charge in [-0.1, -0.05) is 30.3 Å². The summed E-state index contributed by atoms with van der Waals surface area (Å²) in [5.74, 6) is 0.176. The second-order valence-corrected chi connectivity index (χ2v) is 3.72. The van der Waals surface area contributed by atoms with Crippen LogP contribution in [0.4, 0.5) is 5.82 Å². The summed E-state index contributed by atoms with van der Waals surface area (Å²) in [4.78, 5) is 8.46. The average molecular weight is 220 g/mol. The van der Waals surface area contributed by atoms with E-state index in [2.05, 4.69) is 9.97 Å². The van der Waals surface area contributed by atoms with Gasteiger partial charge in [-0.3, -0.25) is 0 Å². The van der Waals surface area contributed by atoms with Crippen LogP contribution in [0.15, 0.2) is 36.4 Å². The van der Waals surface area contributed by atoms with E-state index >= 15 is 0 Å². The lowest BCUT2D eigenvalue weighted by atomic mass is 10.1. The smallest absolute Gasteiger partial charge is 0.183 e. The summed E-state index contributed by atoms with van der Waals surface area (Å²) < 4.78 is 0. The first-order chi connectivity index (χ1) is 8.29. The summed E-state index contributed by atoms with van der Waals surface area (Å²) in [7, 11) is 0. The maximum absolute atomic E-state index is 8.92. The number of anilines is 1. The van der Waals surface area contributed by atoms with Gasteiger partial charge in [0.1, 0.15) is 6.07 Å². The van der Waals surface area contributed by atoms with Crippen molar-refractivity contribution in [2.24, 2.45) is 0 Å². The molecule has 1 heterocycles. The van der Waals surface area contributed by atoms with Crippen molar-refractivity contribution in [1.29, 1.82) is 5.26 Å². The van der Waals surface area contributed by atoms with Crippen LogP contribution < -0.4 is 5.73 Å². The standard InChI is InChI=1S/C13H8N4/c14-7-11-13(15)17-10-6-5-8-3-1-2-4-9(8)12(10)16-11/h1-6H,(H2,15,17). The van der Waals surface area contributed by atoms with Gasteiger partial charge in [-0.2, -0.15) is 5.26 Å². The molecule has 3 aromatic rings. The van der Waals surface area contributed by atoms with E-state index in [1.807, 2.05) is 42.5 Å². The topological polar surface area (TPSA) is 75.6 Å². The lowest BCUT2D eigenvalue weighted by Crippen LogP contribution is -1.98. The summed E-state index contributed by atoms with van der Waals surface area (Å²) in [6, 6.07) is 13.6. The molecular formula is C13H8N4. The zero-order valence-corrected chi connectivity index (χ0v) is 8.88. The molecule has 4 nitrogen and oxygen atoms in total. The van der Waals surface area contributed by atoms with Crippen LogP contribution in [0, 0.1) is 11.3 Å². The fraction of sp³-hybridized carbons (Fsp3) is 0. The van der Waals surface area contributed by atoms with Gasteiger partial charge in [-0.05, 0) is 11.5 Å². The zero-order valence-electron chi connectivity index (χ0n) is 8.88. The number of nitrogens with zero attached hydrogens (tertiary/aromatic N) is 3. The predicted molar refractivity (Wildman–Crippen MR) is 66.2 cm³/mol. The highest BCUT2D eigenvalue weighted by Gasteiger charge is 2.07. The third kappa shape index (κ3) is 1.37. The van der Waals surface area contributed by atoms with Gasteiger partial charge in [-0.25, -0.2) is 9.97 Å². The SMILES string of the molecule is N#Cc1nc2c(ccc3ccccc32)nc1N. The van der Waals surface area contributed by atoms with Gasteiger partial charge in [0.25, 0.3) is 0 Å². The Labute approximate surface area is 97.3 Å². The Kier molecular flexibility index (Phi) is 1.92. The van der Waals surface area contributed by atoms with Crippen molar-refractivity contribution < 1.29 is 0 Å². The van der Waals surface area contributed by atoms with E-state index in [9.17, 15) is 0 Å². The molecule has 0 aliphatic rings. The van der Waals surface area contributed by atoms with Crippen molar-refractivity contribution in [3.05, 3.63) is 42.1 Å². The molecule has 0 bridgehead atoms. The van der Waals surface area contributed by atoms with Crippen molar-refractivity contribution in [2.45, 2.75) is 0 Å². The minimum Gasteiger partial charge on any atom is -0.381 e. The van der Waals surface area contributed by atoms with Gasteiger partial charge >= 0.3 is 0 Å². The van der Waals surface area contributed by atoms with Gasteiger partial charge in [0, 0.05) is 5.39 Å². The Bertz CT molecular complexity index is 771. The van der Waals surface area contributed by atoms with Crippen LogP contribution in [-0.4, -0.2) is 9.97 Å². The molecule has 80 valence electrons. The average Bonchev–Trinajstić information content (AvgIpc) is 2.37. The highest BCUT2D eigenvalue weighted by Crippen LogP contribution is 2.23. The number of hydrogen-bond donors (Lipinski definition) is 1. The Morgan fingerprint density at radius 1 is 1.06 bits per heavy atom. The minimum absolute atomic E-state index is 0.175. The molecule has 1 aromatic heterocycles. The number of benzene rings is 2. The molecule has 0 radical (unpaired) electrons. The highest BCUT2D eigenvalue weighted by molar-refractivity contribution is 6.04. The minimum atomic E-state index is 0.175. The van der Waals surface area contributed by atoms with Gasteiger partial charge in [0.2, 0.25) is 0 Å². The molecule has 2 aromatic carbocycles.